The van der Waals surface area contributed by atoms with E-state index in [4.69, 9.17) is 0 Å². The highest BCUT2D eigenvalue weighted by molar-refractivity contribution is 6.02. The van der Waals surface area contributed by atoms with E-state index in [0.717, 1.165) is 17.1 Å². The van der Waals surface area contributed by atoms with Crippen molar-refractivity contribution < 1.29 is 0 Å². The molecule has 0 saturated heterocycles. The van der Waals surface area contributed by atoms with Gasteiger partial charge in [-0.05, 0) is 86.1 Å². The summed E-state index contributed by atoms with van der Waals surface area (Å²) in [5, 5.41) is 2.64. The molecule has 8 rings (SSSR count). The molecule has 0 atom stereocenters. The van der Waals surface area contributed by atoms with Gasteiger partial charge in [0.05, 0.1) is 5.69 Å². The maximum absolute atomic E-state index is 2.42. The zero-order valence-electron chi connectivity index (χ0n) is 25.0. The standard InChI is InChI=1S/C43H33N/c1-43(2)39-28-24-32-15-9-10-19-37(32)42(39)38-27-23-33(29-40(38)43)30-21-25-35(26-22-30)44(34-16-7-4-8-17-34)41-20-12-11-18-36(41)31-13-5-3-6-14-31/h3-29H,1-2H3. The fourth-order valence-electron chi connectivity index (χ4n) is 7.02. The quantitative estimate of drug-likeness (QED) is 0.201. The average Bonchev–Trinajstić information content (AvgIpc) is 3.32. The van der Waals surface area contributed by atoms with Crippen LogP contribution < -0.4 is 4.90 Å². The lowest BCUT2D eigenvalue weighted by atomic mass is 9.81. The molecule has 7 aromatic carbocycles. The number of nitrogens with zero attached hydrogens (tertiary/aromatic N) is 1. The van der Waals surface area contributed by atoms with Crippen LogP contribution >= 0.6 is 0 Å². The second-order valence-electron chi connectivity index (χ2n) is 12.2. The summed E-state index contributed by atoms with van der Waals surface area (Å²) in [4.78, 5) is 2.36. The Balaban J connectivity index is 1.21. The van der Waals surface area contributed by atoms with Crippen molar-refractivity contribution in [3.05, 3.63) is 175 Å². The first-order chi connectivity index (χ1) is 21.6. The van der Waals surface area contributed by atoms with Crippen molar-refractivity contribution >= 4 is 27.8 Å². The zero-order valence-corrected chi connectivity index (χ0v) is 25.0. The lowest BCUT2D eigenvalue weighted by Crippen LogP contribution is -2.15. The van der Waals surface area contributed by atoms with Crippen LogP contribution in [0.15, 0.2) is 164 Å². The highest BCUT2D eigenvalue weighted by Gasteiger charge is 2.36. The third-order valence-corrected chi connectivity index (χ3v) is 9.27. The third-order valence-electron chi connectivity index (χ3n) is 9.27. The van der Waals surface area contributed by atoms with E-state index >= 15 is 0 Å². The highest BCUT2D eigenvalue weighted by atomic mass is 15.1. The molecule has 7 aromatic rings. The smallest absolute Gasteiger partial charge is 0.0540 e. The van der Waals surface area contributed by atoms with Crippen molar-refractivity contribution in [3.63, 3.8) is 0 Å². The molecule has 1 nitrogen and oxygen atoms in total. The van der Waals surface area contributed by atoms with E-state index in [1.807, 2.05) is 0 Å². The minimum Gasteiger partial charge on any atom is -0.310 e. The van der Waals surface area contributed by atoms with Crippen LogP contribution in [0.25, 0.3) is 44.2 Å². The molecule has 0 radical (unpaired) electrons. The summed E-state index contributed by atoms with van der Waals surface area (Å²) < 4.78 is 0. The summed E-state index contributed by atoms with van der Waals surface area (Å²) in [6.07, 6.45) is 0. The van der Waals surface area contributed by atoms with Gasteiger partial charge in [0.15, 0.2) is 0 Å². The maximum Gasteiger partial charge on any atom is 0.0540 e. The molecule has 0 bridgehead atoms. The van der Waals surface area contributed by atoms with Gasteiger partial charge < -0.3 is 4.90 Å². The maximum atomic E-state index is 2.42. The van der Waals surface area contributed by atoms with Gasteiger partial charge in [0.2, 0.25) is 0 Å². The molecule has 0 heterocycles. The first-order valence-electron chi connectivity index (χ1n) is 15.4. The number of benzene rings is 7. The number of anilines is 3. The molecule has 0 fully saturated rings. The second kappa shape index (κ2) is 10.4. The van der Waals surface area contributed by atoms with Crippen LogP contribution in [-0.4, -0.2) is 0 Å². The van der Waals surface area contributed by atoms with Gasteiger partial charge >= 0.3 is 0 Å². The summed E-state index contributed by atoms with van der Waals surface area (Å²) in [6.45, 7) is 4.72. The molecule has 1 aliphatic carbocycles. The molecule has 1 heteroatoms. The fourth-order valence-corrected chi connectivity index (χ4v) is 7.02. The molecule has 0 aromatic heterocycles. The Labute approximate surface area is 259 Å². The Morgan fingerprint density at radius 3 is 1.86 bits per heavy atom. The van der Waals surface area contributed by atoms with Crippen molar-refractivity contribution in [2.45, 2.75) is 19.3 Å². The van der Waals surface area contributed by atoms with Crippen molar-refractivity contribution in [1.29, 1.82) is 0 Å². The van der Waals surface area contributed by atoms with Gasteiger partial charge in [-0.3, -0.25) is 0 Å². The topological polar surface area (TPSA) is 3.24 Å². The Hall–Kier alpha value is -5.40. The summed E-state index contributed by atoms with van der Waals surface area (Å²) in [5.74, 6) is 0. The van der Waals surface area contributed by atoms with Crippen molar-refractivity contribution in [3.8, 4) is 33.4 Å². The fraction of sp³-hybridized carbons (Fsp3) is 0.0698. The number of hydrogen-bond donors (Lipinski definition) is 0. The molecular formula is C43H33N. The number of hydrogen-bond acceptors (Lipinski definition) is 1. The van der Waals surface area contributed by atoms with Crippen LogP contribution in [0.5, 0.6) is 0 Å². The average molecular weight is 564 g/mol. The van der Waals surface area contributed by atoms with E-state index < -0.39 is 0 Å². The van der Waals surface area contributed by atoms with E-state index in [9.17, 15) is 0 Å². The SMILES string of the molecule is CC1(C)c2cc(-c3ccc(N(c4ccccc4)c4ccccc4-c4ccccc4)cc3)ccc2-c2c1ccc1ccccc21. The second-order valence-corrected chi connectivity index (χ2v) is 12.2. The highest BCUT2D eigenvalue weighted by Crippen LogP contribution is 2.52. The zero-order chi connectivity index (χ0) is 29.7. The normalized spacial score (nSPS) is 13.0. The molecule has 210 valence electrons. The van der Waals surface area contributed by atoms with Gasteiger partial charge in [-0.25, -0.2) is 0 Å². The summed E-state index contributed by atoms with van der Waals surface area (Å²) in [7, 11) is 0. The first kappa shape index (κ1) is 26.2. The monoisotopic (exact) mass is 563 g/mol. The van der Waals surface area contributed by atoms with Gasteiger partial charge in [-0.1, -0.05) is 141 Å². The summed E-state index contributed by atoms with van der Waals surface area (Å²) >= 11 is 0. The predicted octanol–water partition coefficient (Wildman–Crippen LogP) is 11.9. The summed E-state index contributed by atoms with van der Waals surface area (Å²) in [6, 6.07) is 59.4. The number of fused-ring (bicyclic) bond motifs is 5. The van der Waals surface area contributed by atoms with E-state index in [1.54, 1.807) is 0 Å². The lowest BCUT2D eigenvalue weighted by Gasteiger charge is -2.28. The Morgan fingerprint density at radius 2 is 1.07 bits per heavy atom. The molecule has 0 spiro atoms. The van der Waals surface area contributed by atoms with Crippen LogP contribution in [0.1, 0.15) is 25.0 Å². The van der Waals surface area contributed by atoms with Crippen molar-refractivity contribution in [1.82, 2.24) is 0 Å². The van der Waals surface area contributed by atoms with E-state index in [-0.39, 0.29) is 5.41 Å². The number of rotatable bonds is 5. The van der Waals surface area contributed by atoms with Crippen LogP contribution in [-0.2, 0) is 5.41 Å². The van der Waals surface area contributed by atoms with Crippen LogP contribution in [0.2, 0.25) is 0 Å². The van der Waals surface area contributed by atoms with Crippen molar-refractivity contribution in [2.75, 3.05) is 4.90 Å². The number of para-hydroxylation sites is 2. The van der Waals surface area contributed by atoms with Crippen molar-refractivity contribution in [2.24, 2.45) is 0 Å². The molecule has 44 heavy (non-hydrogen) atoms. The Kier molecular flexibility index (Phi) is 6.20. The van der Waals surface area contributed by atoms with Gasteiger partial charge in [0.25, 0.3) is 0 Å². The third kappa shape index (κ3) is 4.24. The summed E-state index contributed by atoms with van der Waals surface area (Å²) in [5.41, 5.74) is 13.8. The molecular weight excluding hydrogens is 530 g/mol. The van der Waals surface area contributed by atoms with E-state index in [2.05, 4.69) is 183 Å². The van der Waals surface area contributed by atoms with E-state index in [1.165, 1.54) is 55.3 Å². The van der Waals surface area contributed by atoms with Crippen LogP contribution in [0.3, 0.4) is 0 Å². The Morgan fingerprint density at radius 1 is 0.432 bits per heavy atom. The molecule has 0 amide bonds. The minimum absolute atomic E-state index is 0.0596. The van der Waals surface area contributed by atoms with Gasteiger partial charge in [0, 0.05) is 22.4 Å². The van der Waals surface area contributed by atoms with Gasteiger partial charge in [0.1, 0.15) is 0 Å². The van der Waals surface area contributed by atoms with Crippen LogP contribution in [0, 0.1) is 0 Å². The largest absolute Gasteiger partial charge is 0.310 e. The molecule has 0 unspecified atom stereocenters. The van der Waals surface area contributed by atoms with Gasteiger partial charge in [-0.2, -0.15) is 0 Å². The van der Waals surface area contributed by atoms with E-state index in [0.29, 0.717) is 0 Å². The minimum atomic E-state index is -0.0596. The molecule has 0 aliphatic heterocycles. The molecule has 0 saturated carbocycles. The van der Waals surface area contributed by atoms with Gasteiger partial charge in [-0.15, -0.1) is 0 Å². The molecule has 0 N–H and O–H groups in total. The predicted molar refractivity (Wildman–Crippen MR) is 187 cm³/mol. The molecule has 1 aliphatic rings. The van der Waals surface area contributed by atoms with Crippen LogP contribution in [0.4, 0.5) is 17.1 Å². The lowest BCUT2D eigenvalue weighted by molar-refractivity contribution is 0.661. The first-order valence-corrected chi connectivity index (χ1v) is 15.4. The Bertz CT molecular complexity index is 2120.